The summed E-state index contributed by atoms with van der Waals surface area (Å²) in [5, 5.41) is 12.1. The topological polar surface area (TPSA) is 66.4 Å². The Kier molecular flexibility index (Phi) is 3.89. The van der Waals surface area contributed by atoms with Gasteiger partial charge in [-0.3, -0.25) is 9.59 Å². The SMILES string of the molecule is O=CC(=O)NC1CCCCCC1O. The molecule has 0 radical (unpaired) electrons. The monoisotopic (exact) mass is 185 g/mol. The Labute approximate surface area is 77.3 Å². The molecule has 0 saturated heterocycles. The van der Waals surface area contributed by atoms with Gasteiger partial charge in [-0.1, -0.05) is 19.3 Å². The van der Waals surface area contributed by atoms with Crippen LogP contribution in [0.5, 0.6) is 0 Å². The molecule has 74 valence electrons. The van der Waals surface area contributed by atoms with E-state index in [1.807, 2.05) is 0 Å². The van der Waals surface area contributed by atoms with Crippen LogP contribution in [0.25, 0.3) is 0 Å². The van der Waals surface area contributed by atoms with Crippen molar-refractivity contribution in [1.82, 2.24) is 5.32 Å². The lowest BCUT2D eigenvalue weighted by Crippen LogP contribution is -2.43. The van der Waals surface area contributed by atoms with Crippen LogP contribution in [-0.4, -0.2) is 29.4 Å². The van der Waals surface area contributed by atoms with Gasteiger partial charge >= 0.3 is 0 Å². The maximum absolute atomic E-state index is 10.7. The fraction of sp³-hybridized carbons (Fsp3) is 0.778. The lowest BCUT2D eigenvalue weighted by Gasteiger charge is -2.20. The molecule has 0 aromatic rings. The zero-order valence-corrected chi connectivity index (χ0v) is 7.53. The van der Waals surface area contributed by atoms with E-state index in [4.69, 9.17) is 0 Å². The number of aliphatic hydroxyl groups is 1. The number of hydrogen-bond acceptors (Lipinski definition) is 3. The van der Waals surface area contributed by atoms with Crippen LogP contribution < -0.4 is 5.32 Å². The van der Waals surface area contributed by atoms with Crippen molar-refractivity contribution in [3.8, 4) is 0 Å². The fourth-order valence-electron chi connectivity index (χ4n) is 1.67. The quantitative estimate of drug-likeness (QED) is 0.361. The molecule has 0 aliphatic heterocycles. The Morgan fingerprint density at radius 1 is 1.31 bits per heavy atom. The van der Waals surface area contributed by atoms with Crippen LogP contribution in [-0.2, 0) is 9.59 Å². The molecule has 1 fully saturated rings. The molecule has 0 bridgehead atoms. The Balaban J connectivity index is 2.44. The molecular weight excluding hydrogens is 170 g/mol. The van der Waals surface area contributed by atoms with Gasteiger partial charge in [0, 0.05) is 0 Å². The van der Waals surface area contributed by atoms with Crippen LogP contribution in [0.1, 0.15) is 32.1 Å². The molecule has 1 aliphatic carbocycles. The van der Waals surface area contributed by atoms with Gasteiger partial charge in [0.05, 0.1) is 12.1 Å². The predicted molar refractivity (Wildman–Crippen MR) is 47.1 cm³/mol. The number of hydrogen-bond donors (Lipinski definition) is 2. The molecule has 1 rings (SSSR count). The highest BCUT2D eigenvalue weighted by Gasteiger charge is 2.22. The van der Waals surface area contributed by atoms with E-state index in [1.54, 1.807) is 0 Å². The number of aldehydes is 1. The molecule has 13 heavy (non-hydrogen) atoms. The van der Waals surface area contributed by atoms with Gasteiger partial charge in [0.15, 0.2) is 0 Å². The summed E-state index contributed by atoms with van der Waals surface area (Å²) in [6.45, 7) is 0. The molecule has 0 aromatic heterocycles. The maximum Gasteiger partial charge on any atom is 0.284 e. The van der Waals surface area contributed by atoms with Crippen molar-refractivity contribution >= 4 is 12.2 Å². The first-order chi connectivity index (χ1) is 6.24. The zero-order chi connectivity index (χ0) is 9.68. The standard InChI is InChI=1S/C9H15NO3/c11-6-9(13)10-7-4-2-1-3-5-8(7)12/h6-8,12H,1-5H2,(H,10,13). The highest BCUT2D eigenvalue weighted by atomic mass is 16.3. The number of rotatable bonds is 2. The van der Waals surface area contributed by atoms with E-state index in [0.29, 0.717) is 6.42 Å². The molecule has 4 heteroatoms. The van der Waals surface area contributed by atoms with E-state index in [0.717, 1.165) is 25.7 Å². The van der Waals surface area contributed by atoms with Crippen LogP contribution in [0.3, 0.4) is 0 Å². The van der Waals surface area contributed by atoms with Gasteiger partial charge in [0.2, 0.25) is 6.29 Å². The third kappa shape index (κ3) is 3.14. The Morgan fingerprint density at radius 3 is 2.69 bits per heavy atom. The summed E-state index contributed by atoms with van der Waals surface area (Å²) in [6.07, 6.45) is 4.31. The van der Waals surface area contributed by atoms with Gasteiger partial charge in [0.1, 0.15) is 0 Å². The number of carbonyl (C=O) groups excluding carboxylic acids is 2. The molecular formula is C9H15NO3. The highest BCUT2D eigenvalue weighted by molar-refractivity contribution is 6.23. The summed E-state index contributed by atoms with van der Waals surface area (Å²) >= 11 is 0. The molecule has 2 unspecified atom stereocenters. The largest absolute Gasteiger partial charge is 0.391 e. The van der Waals surface area contributed by atoms with Gasteiger partial charge in [-0.2, -0.15) is 0 Å². The van der Waals surface area contributed by atoms with Crippen LogP contribution in [0.2, 0.25) is 0 Å². The zero-order valence-electron chi connectivity index (χ0n) is 7.53. The molecule has 0 aromatic carbocycles. The van der Waals surface area contributed by atoms with Gasteiger partial charge in [-0.05, 0) is 12.8 Å². The number of aliphatic hydroxyl groups excluding tert-OH is 1. The van der Waals surface area contributed by atoms with Crippen LogP contribution in [0, 0.1) is 0 Å². The molecule has 0 heterocycles. The summed E-state index contributed by atoms with van der Waals surface area (Å²) in [5.74, 6) is -0.633. The van der Waals surface area contributed by atoms with Crippen molar-refractivity contribution in [2.24, 2.45) is 0 Å². The fourth-order valence-corrected chi connectivity index (χ4v) is 1.67. The first-order valence-electron chi connectivity index (χ1n) is 4.68. The van der Waals surface area contributed by atoms with Crippen molar-refractivity contribution in [1.29, 1.82) is 0 Å². The minimum absolute atomic E-state index is 0.236. The van der Waals surface area contributed by atoms with Crippen molar-refractivity contribution < 1.29 is 14.7 Å². The second-order valence-corrected chi connectivity index (χ2v) is 3.44. The summed E-state index contributed by atoms with van der Waals surface area (Å²) in [5.41, 5.74) is 0. The maximum atomic E-state index is 10.7. The molecule has 0 spiro atoms. The van der Waals surface area contributed by atoms with Crippen LogP contribution >= 0.6 is 0 Å². The van der Waals surface area contributed by atoms with E-state index >= 15 is 0 Å². The summed E-state index contributed by atoms with van der Waals surface area (Å²) < 4.78 is 0. The summed E-state index contributed by atoms with van der Waals surface area (Å²) in [4.78, 5) is 20.8. The van der Waals surface area contributed by atoms with Crippen molar-refractivity contribution in [2.75, 3.05) is 0 Å². The summed E-state index contributed by atoms with van der Waals surface area (Å²) in [6, 6.07) is -0.236. The number of carbonyl (C=O) groups is 2. The van der Waals surface area contributed by atoms with E-state index in [9.17, 15) is 14.7 Å². The molecule has 1 aliphatic rings. The van der Waals surface area contributed by atoms with Gasteiger partial charge in [-0.15, -0.1) is 0 Å². The van der Waals surface area contributed by atoms with Crippen molar-refractivity contribution in [3.05, 3.63) is 0 Å². The molecule has 4 nitrogen and oxygen atoms in total. The van der Waals surface area contributed by atoms with Gasteiger partial charge in [-0.25, -0.2) is 0 Å². The Hall–Kier alpha value is -0.900. The van der Waals surface area contributed by atoms with Gasteiger partial charge < -0.3 is 10.4 Å². The second-order valence-electron chi connectivity index (χ2n) is 3.44. The highest BCUT2D eigenvalue weighted by Crippen LogP contribution is 2.17. The van der Waals surface area contributed by atoms with E-state index < -0.39 is 12.0 Å². The molecule has 2 N–H and O–H groups in total. The third-order valence-corrected chi connectivity index (χ3v) is 2.41. The second kappa shape index (κ2) is 4.97. The first kappa shape index (κ1) is 10.2. The average Bonchev–Trinajstić information content (AvgIpc) is 2.32. The first-order valence-corrected chi connectivity index (χ1v) is 4.68. The van der Waals surface area contributed by atoms with Crippen molar-refractivity contribution in [2.45, 2.75) is 44.2 Å². The number of amides is 1. The minimum Gasteiger partial charge on any atom is -0.391 e. The van der Waals surface area contributed by atoms with Gasteiger partial charge in [0.25, 0.3) is 5.91 Å². The van der Waals surface area contributed by atoms with Crippen LogP contribution in [0.15, 0.2) is 0 Å². The Morgan fingerprint density at radius 2 is 2.00 bits per heavy atom. The predicted octanol–water partition coefficient (Wildman–Crippen LogP) is -0.00490. The molecule has 1 saturated carbocycles. The normalized spacial score (nSPS) is 29.0. The summed E-state index contributed by atoms with van der Waals surface area (Å²) in [7, 11) is 0. The molecule has 1 amide bonds. The van der Waals surface area contributed by atoms with E-state index in [-0.39, 0.29) is 12.3 Å². The van der Waals surface area contributed by atoms with Crippen LogP contribution in [0.4, 0.5) is 0 Å². The number of nitrogens with one attached hydrogen (secondary N) is 1. The minimum atomic E-state index is -0.633. The third-order valence-electron chi connectivity index (χ3n) is 2.41. The molecule has 2 atom stereocenters. The Bertz CT molecular complexity index is 193. The van der Waals surface area contributed by atoms with E-state index in [2.05, 4.69) is 5.32 Å². The lowest BCUT2D eigenvalue weighted by molar-refractivity contribution is -0.132. The average molecular weight is 185 g/mol. The van der Waals surface area contributed by atoms with Crippen molar-refractivity contribution in [3.63, 3.8) is 0 Å². The van der Waals surface area contributed by atoms with E-state index in [1.165, 1.54) is 0 Å². The smallest absolute Gasteiger partial charge is 0.284 e. The lowest BCUT2D eigenvalue weighted by atomic mass is 10.1.